The summed E-state index contributed by atoms with van der Waals surface area (Å²) in [5, 5.41) is 7.07. The van der Waals surface area contributed by atoms with E-state index in [4.69, 9.17) is 17.0 Å². The van der Waals surface area contributed by atoms with Crippen molar-refractivity contribution in [2.45, 2.75) is 38.8 Å². The van der Waals surface area contributed by atoms with Gasteiger partial charge in [-0.2, -0.15) is 5.10 Å². The van der Waals surface area contributed by atoms with Gasteiger partial charge in [-0.15, -0.1) is 0 Å². The predicted octanol–water partition coefficient (Wildman–Crippen LogP) is 2.37. The van der Waals surface area contributed by atoms with Gasteiger partial charge in [0.2, 0.25) is 0 Å². The molecular weight excluding hydrogens is 198 g/mol. The van der Waals surface area contributed by atoms with Crippen LogP contribution in [0.4, 0.5) is 0 Å². The molecule has 1 aromatic heterocycles. The molecular formula is C9H15N3OS. The van der Waals surface area contributed by atoms with E-state index in [0.717, 1.165) is 25.3 Å². The number of H-pyrrole nitrogens is 1. The first kappa shape index (κ1) is 9.86. The predicted molar refractivity (Wildman–Crippen MR) is 55.7 cm³/mol. The first-order valence-corrected chi connectivity index (χ1v) is 5.39. The number of aromatic nitrogens is 3. The lowest BCUT2D eigenvalue weighted by atomic mass is 10.2. The molecule has 0 spiro atoms. The van der Waals surface area contributed by atoms with Gasteiger partial charge in [0.05, 0.1) is 0 Å². The third kappa shape index (κ3) is 1.62. The van der Waals surface area contributed by atoms with Crippen LogP contribution in [0.2, 0.25) is 0 Å². The number of hydrogen-bond acceptors (Lipinski definition) is 3. The largest absolute Gasteiger partial charge is 0.370 e. The third-order valence-corrected chi connectivity index (χ3v) is 2.75. The molecule has 78 valence electrons. The van der Waals surface area contributed by atoms with Crippen molar-refractivity contribution in [3.05, 3.63) is 10.6 Å². The van der Waals surface area contributed by atoms with Gasteiger partial charge in [0, 0.05) is 12.6 Å². The molecule has 1 unspecified atom stereocenters. The van der Waals surface area contributed by atoms with Crippen molar-refractivity contribution in [3.63, 3.8) is 0 Å². The smallest absolute Gasteiger partial charge is 0.195 e. The molecule has 5 heteroatoms. The van der Waals surface area contributed by atoms with E-state index in [1.54, 1.807) is 0 Å². The molecule has 14 heavy (non-hydrogen) atoms. The van der Waals surface area contributed by atoms with E-state index >= 15 is 0 Å². The van der Waals surface area contributed by atoms with Gasteiger partial charge in [-0.25, -0.2) is 0 Å². The minimum absolute atomic E-state index is 0.130. The Morgan fingerprint density at radius 2 is 2.43 bits per heavy atom. The Hall–Kier alpha value is -0.680. The normalized spacial score (nSPS) is 22.1. The van der Waals surface area contributed by atoms with Gasteiger partial charge in [0.15, 0.2) is 10.6 Å². The van der Waals surface area contributed by atoms with Crippen LogP contribution in [0.15, 0.2) is 0 Å². The van der Waals surface area contributed by atoms with Gasteiger partial charge >= 0.3 is 0 Å². The molecule has 1 atom stereocenters. The first-order chi connectivity index (χ1) is 6.70. The molecule has 1 aromatic rings. The second-order valence-corrected chi connectivity index (χ2v) is 4.24. The van der Waals surface area contributed by atoms with Crippen molar-refractivity contribution in [1.29, 1.82) is 0 Å². The van der Waals surface area contributed by atoms with Crippen molar-refractivity contribution in [2.24, 2.45) is 0 Å². The van der Waals surface area contributed by atoms with E-state index in [1.807, 2.05) is 4.57 Å². The highest BCUT2D eigenvalue weighted by Gasteiger charge is 2.24. The molecule has 4 nitrogen and oxygen atoms in total. The van der Waals surface area contributed by atoms with Crippen LogP contribution in [0.1, 0.15) is 44.7 Å². The summed E-state index contributed by atoms with van der Waals surface area (Å²) < 4.78 is 8.31. The van der Waals surface area contributed by atoms with Crippen molar-refractivity contribution in [2.75, 3.05) is 6.61 Å². The summed E-state index contributed by atoms with van der Waals surface area (Å²) in [6.07, 6.45) is 2.29. The maximum atomic E-state index is 5.59. The summed E-state index contributed by atoms with van der Waals surface area (Å²) in [6, 6.07) is 0.334. The fourth-order valence-corrected chi connectivity index (χ4v) is 2.17. The van der Waals surface area contributed by atoms with Crippen LogP contribution in [0.5, 0.6) is 0 Å². The zero-order valence-electron chi connectivity index (χ0n) is 8.49. The van der Waals surface area contributed by atoms with Crippen LogP contribution in [0.3, 0.4) is 0 Å². The molecule has 1 aliphatic heterocycles. The Bertz CT molecular complexity index is 362. The van der Waals surface area contributed by atoms with Gasteiger partial charge in [-0.3, -0.25) is 9.67 Å². The Labute approximate surface area is 88.3 Å². The summed E-state index contributed by atoms with van der Waals surface area (Å²) in [5.41, 5.74) is 0. The molecule has 0 radical (unpaired) electrons. The fraction of sp³-hybridized carbons (Fsp3) is 0.778. The number of nitrogens with one attached hydrogen (secondary N) is 1. The van der Waals surface area contributed by atoms with Crippen molar-refractivity contribution >= 4 is 12.2 Å². The average molecular weight is 213 g/mol. The molecule has 0 amide bonds. The van der Waals surface area contributed by atoms with E-state index in [2.05, 4.69) is 24.0 Å². The van der Waals surface area contributed by atoms with Crippen LogP contribution in [0.25, 0.3) is 0 Å². The number of rotatable bonds is 2. The number of ether oxygens (including phenoxy) is 1. The lowest BCUT2D eigenvalue weighted by Crippen LogP contribution is -2.10. The van der Waals surface area contributed by atoms with Gasteiger partial charge in [-0.05, 0) is 38.9 Å². The fourth-order valence-electron chi connectivity index (χ4n) is 1.82. The zero-order chi connectivity index (χ0) is 10.1. The van der Waals surface area contributed by atoms with Gasteiger partial charge in [0.1, 0.15) is 6.10 Å². The van der Waals surface area contributed by atoms with E-state index < -0.39 is 0 Å². The third-order valence-electron chi connectivity index (χ3n) is 2.47. The van der Waals surface area contributed by atoms with Crippen LogP contribution in [0, 0.1) is 4.77 Å². The zero-order valence-corrected chi connectivity index (χ0v) is 9.30. The van der Waals surface area contributed by atoms with Gasteiger partial charge in [0.25, 0.3) is 0 Å². The lowest BCUT2D eigenvalue weighted by molar-refractivity contribution is 0.100. The van der Waals surface area contributed by atoms with Gasteiger partial charge < -0.3 is 4.74 Å². The monoisotopic (exact) mass is 213 g/mol. The summed E-state index contributed by atoms with van der Waals surface area (Å²) in [7, 11) is 0. The summed E-state index contributed by atoms with van der Waals surface area (Å²) >= 11 is 5.17. The maximum Gasteiger partial charge on any atom is 0.195 e. The minimum atomic E-state index is 0.130. The highest BCUT2D eigenvalue weighted by molar-refractivity contribution is 7.71. The Morgan fingerprint density at radius 1 is 1.64 bits per heavy atom. The average Bonchev–Trinajstić information content (AvgIpc) is 2.70. The van der Waals surface area contributed by atoms with Crippen molar-refractivity contribution in [1.82, 2.24) is 14.8 Å². The van der Waals surface area contributed by atoms with E-state index in [0.29, 0.717) is 10.8 Å². The van der Waals surface area contributed by atoms with E-state index in [9.17, 15) is 0 Å². The van der Waals surface area contributed by atoms with Crippen LogP contribution >= 0.6 is 12.2 Å². The molecule has 2 rings (SSSR count). The maximum absolute atomic E-state index is 5.59. The summed E-state index contributed by atoms with van der Waals surface area (Å²) in [4.78, 5) is 0. The second kappa shape index (κ2) is 3.82. The molecule has 1 N–H and O–H groups in total. The summed E-state index contributed by atoms with van der Waals surface area (Å²) in [5.74, 6) is 0.947. The highest BCUT2D eigenvalue weighted by Crippen LogP contribution is 2.28. The van der Waals surface area contributed by atoms with Crippen LogP contribution in [-0.2, 0) is 4.74 Å². The van der Waals surface area contributed by atoms with Gasteiger partial charge in [-0.1, -0.05) is 0 Å². The van der Waals surface area contributed by atoms with E-state index in [1.165, 1.54) is 0 Å². The van der Waals surface area contributed by atoms with Crippen LogP contribution < -0.4 is 0 Å². The molecule has 0 aliphatic carbocycles. The van der Waals surface area contributed by atoms with Crippen molar-refractivity contribution < 1.29 is 4.74 Å². The van der Waals surface area contributed by atoms with E-state index in [-0.39, 0.29) is 6.10 Å². The number of nitrogens with zero attached hydrogens (tertiary/aromatic N) is 2. The number of aromatic amines is 1. The molecule has 1 aliphatic rings. The van der Waals surface area contributed by atoms with Crippen LogP contribution in [-0.4, -0.2) is 21.4 Å². The molecule has 0 saturated carbocycles. The number of hydrogen-bond donors (Lipinski definition) is 1. The quantitative estimate of drug-likeness (QED) is 0.767. The SMILES string of the molecule is CC(C)n1c(C2CCCO2)n[nH]c1=S. The second-order valence-electron chi connectivity index (χ2n) is 3.85. The molecule has 0 bridgehead atoms. The Balaban J connectivity index is 2.37. The Kier molecular flexibility index (Phi) is 2.69. The molecule has 1 fully saturated rings. The standard InChI is InChI=1S/C9H15N3OS/c1-6(2)12-8(10-11-9(12)14)7-4-3-5-13-7/h6-7H,3-5H2,1-2H3,(H,11,14). The lowest BCUT2D eigenvalue weighted by Gasteiger charge is -2.14. The molecule has 2 heterocycles. The first-order valence-electron chi connectivity index (χ1n) is 4.98. The Morgan fingerprint density at radius 3 is 3.00 bits per heavy atom. The topological polar surface area (TPSA) is 42.8 Å². The molecule has 1 saturated heterocycles. The minimum Gasteiger partial charge on any atom is -0.370 e. The molecule has 0 aromatic carbocycles. The van der Waals surface area contributed by atoms with Crippen molar-refractivity contribution in [3.8, 4) is 0 Å². The highest BCUT2D eigenvalue weighted by atomic mass is 32.1. The summed E-state index contributed by atoms with van der Waals surface area (Å²) in [6.45, 7) is 5.04.